The number of nitrogens with zero attached hydrogens (tertiary/aromatic N) is 3. The number of anilines is 1. The maximum absolute atomic E-state index is 11.6. The van der Waals surface area contributed by atoms with Crippen molar-refractivity contribution in [1.82, 2.24) is 14.5 Å². The molecule has 19 heavy (non-hydrogen) atoms. The molecular formula is C12H14N4O2S. The summed E-state index contributed by atoms with van der Waals surface area (Å²) in [6, 6.07) is 0. The molecule has 0 saturated carbocycles. The highest BCUT2D eigenvalue weighted by atomic mass is 32.1. The third-order valence-electron chi connectivity index (χ3n) is 3.24. The summed E-state index contributed by atoms with van der Waals surface area (Å²) >= 11 is 1.62. The zero-order valence-electron chi connectivity index (χ0n) is 10.8. The Bertz CT molecular complexity index is 637. The molecule has 0 aliphatic heterocycles. The van der Waals surface area contributed by atoms with Crippen molar-refractivity contribution in [2.75, 3.05) is 12.8 Å². The maximum atomic E-state index is 11.6. The number of imidazole rings is 1. The fourth-order valence-corrected chi connectivity index (χ4v) is 3.52. The number of aryl methyl sites for hydroxylation is 3. The van der Waals surface area contributed by atoms with Gasteiger partial charge in [0.2, 0.25) is 0 Å². The molecule has 0 unspecified atom stereocenters. The molecule has 3 rings (SSSR count). The summed E-state index contributed by atoms with van der Waals surface area (Å²) in [5.74, 6) is 0.408. The topological polar surface area (TPSA) is 83.0 Å². The van der Waals surface area contributed by atoms with E-state index < -0.39 is 5.97 Å². The molecule has 0 radical (unpaired) electrons. The summed E-state index contributed by atoms with van der Waals surface area (Å²) in [6.45, 7) is 1.80. The van der Waals surface area contributed by atoms with Crippen LogP contribution in [0.3, 0.4) is 0 Å². The second-order valence-electron chi connectivity index (χ2n) is 4.44. The predicted molar refractivity (Wildman–Crippen MR) is 71.7 cm³/mol. The molecule has 6 nitrogen and oxygen atoms in total. The molecule has 1 aliphatic carbocycles. The van der Waals surface area contributed by atoms with Gasteiger partial charge in [0.1, 0.15) is 11.6 Å². The van der Waals surface area contributed by atoms with Crippen LogP contribution in [0.5, 0.6) is 0 Å². The van der Waals surface area contributed by atoms with E-state index in [4.69, 9.17) is 5.73 Å². The lowest BCUT2D eigenvalue weighted by molar-refractivity contribution is 0.0596. The molecule has 1 aliphatic rings. The van der Waals surface area contributed by atoms with Gasteiger partial charge < -0.3 is 10.5 Å². The summed E-state index contributed by atoms with van der Waals surface area (Å²) in [7, 11) is 1.31. The lowest BCUT2D eigenvalue weighted by Crippen LogP contribution is -2.07. The average molecular weight is 278 g/mol. The molecule has 0 fully saturated rings. The molecule has 0 spiro atoms. The zero-order chi connectivity index (χ0) is 13.6. The summed E-state index contributed by atoms with van der Waals surface area (Å²) in [5, 5.41) is 0.780. The first-order chi connectivity index (χ1) is 9.11. The SMILES string of the molecule is COC(=O)c1nc(C)n(-c2nc3c(s2)CCC3)c1N. The number of fused-ring (bicyclic) bond motifs is 1. The number of methoxy groups -OCH3 is 1. The molecule has 0 bridgehead atoms. The van der Waals surface area contributed by atoms with E-state index in [-0.39, 0.29) is 11.5 Å². The number of carbonyl (C=O) groups is 1. The minimum absolute atomic E-state index is 0.148. The highest BCUT2D eigenvalue weighted by Gasteiger charge is 2.24. The molecule has 0 saturated heterocycles. The van der Waals surface area contributed by atoms with Gasteiger partial charge in [-0.05, 0) is 26.2 Å². The number of carbonyl (C=O) groups excluding carboxylic acids is 1. The molecule has 2 aromatic rings. The van der Waals surface area contributed by atoms with Crippen molar-refractivity contribution in [2.24, 2.45) is 0 Å². The molecule has 2 aromatic heterocycles. The predicted octanol–water partition coefficient (Wildman–Crippen LogP) is 1.49. The number of hydrogen-bond acceptors (Lipinski definition) is 6. The number of rotatable bonds is 2. The fourth-order valence-electron chi connectivity index (χ4n) is 2.31. The highest BCUT2D eigenvalue weighted by molar-refractivity contribution is 7.14. The van der Waals surface area contributed by atoms with Crippen LogP contribution < -0.4 is 5.73 Å². The number of thiazole rings is 1. The third-order valence-corrected chi connectivity index (χ3v) is 4.38. The van der Waals surface area contributed by atoms with Gasteiger partial charge in [0.25, 0.3) is 0 Å². The first-order valence-corrected chi connectivity index (χ1v) is 6.85. The summed E-state index contributed by atoms with van der Waals surface area (Å²) in [4.78, 5) is 21.6. The highest BCUT2D eigenvalue weighted by Crippen LogP contribution is 2.32. The van der Waals surface area contributed by atoms with E-state index in [2.05, 4.69) is 14.7 Å². The van der Waals surface area contributed by atoms with Crippen molar-refractivity contribution in [3.8, 4) is 5.13 Å². The maximum Gasteiger partial charge on any atom is 0.360 e. The normalized spacial score (nSPS) is 13.6. The van der Waals surface area contributed by atoms with Crippen LogP contribution in [0.4, 0.5) is 5.82 Å². The van der Waals surface area contributed by atoms with E-state index >= 15 is 0 Å². The van der Waals surface area contributed by atoms with Crippen molar-refractivity contribution in [1.29, 1.82) is 0 Å². The Morgan fingerprint density at radius 3 is 2.89 bits per heavy atom. The van der Waals surface area contributed by atoms with Crippen molar-refractivity contribution in [3.63, 3.8) is 0 Å². The molecule has 2 heterocycles. The second-order valence-corrected chi connectivity index (χ2v) is 5.50. The number of ether oxygens (including phenoxy) is 1. The summed E-state index contributed by atoms with van der Waals surface area (Å²) in [6.07, 6.45) is 3.26. The van der Waals surface area contributed by atoms with E-state index in [1.54, 1.807) is 22.8 Å². The van der Waals surface area contributed by atoms with Crippen LogP contribution in [0.1, 0.15) is 33.3 Å². The van der Waals surface area contributed by atoms with Crippen molar-refractivity contribution in [2.45, 2.75) is 26.2 Å². The zero-order valence-corrected chi connectivity index (χ0v) is 11.6. The van der Waals surface area contributed by atoms with Crippen LogP contribution in [0, 0.1) is 6.92 Å². The van der Waals surface area contributed by atoms with Crippen LogP contribution in [0.2, 0.25) is 0 Å². The Morgan fingerprint density at radius 2 is 2.21 bits per heavy atom. The molecule has 7 heteroatoms. The number of nitrogen functional groups attached to an aromatic ring is 1. The van der Waals surface area contributed by atoms with Gasteiger partial charge >= 0.3 is 5.97 Å². The van der Waals surface area contributed by atoms with Crippen LogP contribution >= 0.6 is 11.3 Å². The minimum Gasteiger partial charge on any atom is -0.464 e. The molecule has 2 N–H and O–H groups in total. The lowest BCUT2D eigenvalue weighted by Gasteiger charge is -2.03. The fraction of sp³-hybridized carbons (Fsp3) is 0.417. The quantitative estimate of drug-likeness (QED) is 0.842. The monoisotopic (exact) mass is 278 g/mol. The first-order valence-electron chi connectivity index (χ1n) is 6.04. The Balaban J connectivity index is 2.09. The number of nitrogens with two attached hydrogens (primary N) is 1. The van der Waals surface area contributed by atoms with E-state index in [9.17, 15) is 4.79 Å². The largest absolute Gasteiger partial charge is 0.464 e. The Hall–Kier alpha value is -1.89. The molecule has 0 atom stereocenters. The number of esters is 1. The van der Waals surface area contributed by atoms with Crippen molar-refractivity contribution < 1.29 is 9.53 Å². The van der Waals surface area contributed by atoms with Gasteiger partial charge in [-0.1, -0.05) is 0 Å². The standard InChI is InChI=1S/C12H14N4O2S/c1-6-14-9(11(17)18-2)10(13)16(6)12-15-7-4-3-5-8(7)19-12/h3-5,13H2,1-2H3. The minimum atomic E-state index is -0.525. The molecule has 0 amide bonds. The van der Waals surface area contributed by atoms with Gasteiger partial charge in [0.05, 0.1) is 12.8 Å². The van der Waals surface area contributed by atoms with Gasteiger partial charge in [-0.25, -0.2) is 14.8 Å². The van der Waals surface area contributed by atoms with Crippen molar-refractivity contribution >= 4 is 23.1 Å². The van der Waals surface area contributed by atoms with Gasteiger partial charge in [0.15, 0.2) is 10.8 Å². The van der Waals surface area contributed by atoms with Crippen LogP contribution in [-0.2, 0) is 17.6 Å². The van der Waals surface area contributed by atoms with Crippen LogP contribution in [0.15, 0.2) is 0 Å². The molecular weight excluding hydrogens is 264 g/mol. The molecule has 0 aromatic carbocycles. The van der Waals surface area contributed by atoms with Gasteiger partial charge in [-0.2, -0.15) is 0 Å². The van der Waals surface area contributed by atoms with Crippen molar-refractivity contribution in [3.05, 3.63) is 22.1 Å². The van der Waals surface area contributed by atoms with E-state index in [0.717, 1.165) is 23.7 Å². The summed E-state index contributed by atoms with van der Waals surface area (Å²) < 4.78 is 6.39. The van der Waals surface area contributed by atoms with Crippen LogP contribution in [-0.4, -0.2) is 27.6 Å². The lowest BCUT2D eigenvalue weighted by atomic mass is 10.4. The Kier molecular flexibility index (Phi) is 2.78. The third kappa shape index (κ3) is 1.81. The second kappa shape index (κ2) is 4.34. The van der Waals surface area contributed by atoms with E-state index in [1.807, 2.05) is 0 Å². The Labute approximate surface area is 114 Å². The van der Waals surface area contributed by atoms with Gasteiger partial charge in [-0.3, -0.25) is 4.57 Å². The molecule has 100 valence electrons. The number of aromatic nitrogens is 3. The number of hydrogen-bond donors (Lipinski definition) is 1. The summed E-state index contributed by atoms with van der Waals surface area (Å²) in [5.41, 5.74) is 7.29. The van der Waals surface area contributed by atoms with E-state index in [0.29, 0.717) is 5.82 Å². The average Bonchev–Trinajstić information content (AvgIpc) is 3.01. The van der Waals surface area contributed by atoms with Gasteiger partial charge in [0, 0.05) is 4.88 Å². The smallest absolute Gasteiger partial charge is 0.360 e. The first kappa shape index (κ1) is 12.2. The van der Waals surface area contributed by atoms with Gasteiger partial charge in [-0.15, -0.1) is 11.3 Å². The Morgan fingerprint density at radius 1 is 1.42 bits per heavy atom. The van der Waals surface area contributed by atoms with E-state index in [1.165, 1.54) is 18.4 Å². The van der Waals surface area contributed by atoms with Crippen LogP contribution in [0.25, 0.3) is 5.13 Å².